The number of ketones is 2. The Morgan fingerprint density at radius 2 is 1.35 bits per heavy atom. The maximum atomic E-state index is 13.2. The Morgan fingerprint density at radius 1 is 0.731 bits per heavy atom. The fraction of sp³-hybridized carbons (Fsp3) is 0.263. The Labute approximate surface area is 150 Å². The zero-order valence-corrected chi connectivity index (χ0v) is 15.1. The summed E-state index contributed by atoms with van der Waals surface area (Å²) in [6.07, 6.45) is 0. The molecule has 0 radical (unpaired) electrons. The SMILES string of the molecule is COc1cc(C)c2c(c1O)C(=O)c1cc(OC)c(OC)c(OC)c1C2=O. The van der Waals surface area contributed by atoms with Crippen LogP contribution in [-0.4, -0.2) is 45.1 Å². The molecule has 0 amide bonds. The van der Waals surface area contributed by atoms with Crippen LogP contribution in [-0.2, 0) is 0 Å². The zero-order valence-electron chi connectivity index (χ0n) is 15.1. The summed E-state index contributed by atoms with van der Waals surface area (Å²) in [5.74, 6) is -0.638. The predicted molar refractivity (Wildman–Crippen MR) is 92.4 cm³/mol. The van der Waals surface area contributed by atoms with Gasteiger partial charge >= 0.3 is 0 Å². The van der Waals surface area contributed by atoms with Gasteiger partial charge in [0.1, 0.15) is 0 Å². The van der Waals surface area contributed by atoms with Crippen LogP contribution >= 0.6 is 0 Å². The van der Waals surface area contributed by atoms with Gasteiger partial charge in [-0.25, -0.2) is 0 Å². The van der Waals surface area contributed by atoms with Gasteiger partial charge in [0.25, 0.3) is 0 Å². The van der Waals surface area contributed by atoms with Crippen LogP contribution in [0.15, 0.2) is 12.1 Å². The number of phenolic OH excluding ortho intramolecular Hbond substituents is 1. The highest BCUT2D eigenvalue weighted by atomic mass is 16.5. The third kappa shape index (κ3) is 2.20. The minimum atomic E-state index is -0.520. The fourth-order valence-corrected chi connectivity index (χ4v) is 3.27. The second kappa shape index (κ2) is 6.25. The molecule has 0 heterocycles. The number of rotatable bonds is 4. The third-order valence-electron chi connectivity index (χ3n) is 4.44. The molecule has 3 rings (SSSR count). The molecule has 1 aliphatic carbocycles. The first kappa shape index (κ1) is 17.6. The summed E-state index contributed by atoms with van der Waals surface area (Å²) in [4.78, 5) is 26.3. The van der Waals surface area contributed by atoms with Crippen molar-refractivity contribution < 1.29 is 33.6 Å². The Kier molecular flexibility index (Phi) is 4.23. The minimum Gasteiger partial charge on any atom is -0.504 e. The van der Waals surface area contributed by atoms with E-state index in [2.05, 4.69) is 0 Å². The van der Waals surface area contributed by atoms with Crippen LogP contribution in [0.2, 0.25) is 0 Å². The topological polar surface area (TPSA) is 91.3 Å². The lowest BCUT2D eigenvalue weighted by molar-refractivity contribution is 0.0972. The van der Waals surface area contributed by atoms with E-state index in [-0.39, 0.29) is 51.0 Å². The van der Waals surface area contributed by atoms with E-state index in [1.54, 1.807) is 6.92 Å². The lowest BCUT2D eigenvalue weighted by Gasteiger charge is -2.24. The summed E-state index contributed by atoms with van der Waals surface area (Å²) >= 11 is 0. The first-order valence-electron chi connectivity index (χ1n) is 7.74. The van der Waals surface area contributed by atoms with E-state index >= 15 is 0 Å². The number of hydrogen-bond donors (Lipinski definition) is 1. The Hall–Kier alpha value is -3.22. The second-order valence-electron chi connectivity index (χ2n) is 5.72. The Morgan fingerprint density at radius 3 is 1.88 bits per heavy atom. The molecule has 26 heavy (non-hydrogen) atoms. The van der Waals surface area contributed by atoms with E-state index in [0.717, 1.165) is 0 Å². The lowest BCUT2D eigenvalue weighted by atomic mass is 9.80. The molecule has 7 nitrogen and oxygen atoms in total. The maximum Gasteiger partial charge on any atom is 0.204 e. The highest BCUT2D eigenvalue weighted by molar-refractivity contribution is 6.31. The molecule has 0 atom stereocenters. The number of fused-ring (bicyclic) bond motifs is 2. The molecule has 2 aromatic rings. The number of benzene rings is 2. The Balaban J connectivity index is 2.42. The number of aromatic hydroxyl groups is 1. The number of phenols is 1. The number of hydrogen-bond acceptors (Lipinski definition) is 7. The van der Waals surface area contributed by atoms with Gasteiger partial charge in [0.2, 0.25) is 5.75 Å². The van der Waals surface area contributed by atoms with Crippen molar-refractivity contribution in [1.82, 2.24) is 0 Å². The number of carbonyl (C=O) groups is 2. The molecule has 0 spiro atoms. The maximum absolute atomic E-state index is 13.2. The summed E-state index contributed by atoms with van der Waals surface area (Å²) < 4.78 is 21.0. The van der Waals surface area contributed by atoms with Gasteiger partial charge < -0.3 is 24.1 Å². The summed E-state index contributed by atoms with van der Waals surface area (Å²) in [6.45, 7) is 1.67. The zero-order chi connectivity index (χ0) is 19.2. The molecule has 0 saturated carbocycles. The highest BCUT2D eigenvalue weighted by Crippen LogP contribution is 2.48. The van der Waals surface area contributed by atoms with Crippen molar-refractivity contribution in [2.75, 3.05) is 28.4 Å². The lowest BCUT2D eigenvalue weighted by Crippen LogP contribution is -2.24. The van der Waals surface area contributed by atoms with Crippen LogP contribution in [0.5, 0.6) is 28.7 Å². The van der Waals surface area contributed by atoms with E-state index in [4.69, 9.17) is 18.9 Å². The fourth-order valence-electron chi connectivity index (χ4n) is 3.27. The summed E-state index contributed by atoms with van der Waals surface area (Å²) in [5.41, 5.74) is 0.686. The van der Waals surface area contributed by atoms with Crippen LogP contribution in [0.1, 0.15) is 37.4 Å². The van der Waals surface area contributed by atoms with Gasteiger partial charge in [-0.1, -0.05) is 0 Å². The second-order valence-corrected chi connectivity index (χ2v) is 5.72. The molecular weight excluding hydrogens is 340 g/mol. The van der Waals surface area contributed by atoms with Gasteiger partial charge in [-0.2, -0.15) is 0 Å². The van der Waals surface area contributed by atoms with Gasteiger partial charge in [0, 0.05) is 11.1 Å². The summed E-state index contributed by atoms with van der Waals surface area (Å²) in [7, 11) is 5.58. The number of aryl methyl sites for hydroxylation is 1. The Bertz CT molecular complexity index is 944. The molecule has 7 heteroatoms. The number of methoxy groups -OCH3 is 4. The van der Waals surface area contributed by atoms with Crippen molar-refractivity contribution in [3.05, 3.63) is 39.9 Å². The molecule has 0 aromatic heterocycles. The number of carbonyl (C=O) groups excluding carboxylic acids is 2. The van der Waals surface area contributed by atoms with Crippen molar-refractivity contribution in [2.24, 2.45) is 0 Å². The van der Waals surface area contributed by atoms with Crippen molar-refractivity contribution >= 4 is 11.6 Å². The predicted octanol–water partition coefficient (Wildman–Crippen LogP) is 2.51. The number of ether oxygens (including phenoxy) is 4. The van der Waals surface area contributed by atoms with Crippen LogP contribution in [0, 0.1) is 6.92 Å². The van der Waals surface area contributed by atoms with Gasteiger partial charge in [0.15, 0.2) is 34.6 Å². The van der Waals surface area contributed by atoms with E-state index in [9.17, 15) is 14.7 Å². The normalized spacial score (nSPS) is 12.3. The smallest absolute Gasteiger partial charge is 0.204 e. The van der Waals surface area contributed by atoms with Crippen molar-refractivity contribution in [3.8, 4) is 28.7 Å². The average Bonchev–Trinajstić information content (AvgIpc) is 2.65. The molecule has 1 aliphatic rings. The van der Waals surface area contributed by atoms with E-state index in [0.29, 0.717) is 5.56 Å². The first-order chi connectivity index (χ1) is 12.4. The highest BCUT2D eigenvalue weighted by Gasteiger charge is 2.39. The molecule has 0 unspecified atom stereocenters. The van der Waals surface area contributed by atoms with Crippen LogP contribution in [0.4, 0.5) is 0 Å². The van der Waals surface area contributed by atoms with Crippen molar-refractivity contribution in [2.45, 2.75) is 6.92 Å². The molecule has 2 aromatic carbocycles. The largest absolute Gasteiger partial charge is 0.504 e. The first-order valence-corrected chi connectivity index (χ1v) is 7.74. The van der Waals surface area contributed by atoms with E-state index < -0.39 is 11.6 Å². The quantitative estimate of drug-likeness (QED) is 0.766. The molecule has 0 aliphatic heterocycles. The van der Waals surface area contributed by atoms with Crippen LogP contribution in [0.25, 0.3) is 0 Å². The third-order valence-corrected chi connectivity index (χ3v) is 4.44. The average molecular weight is 358 g/mol. The monoisotopic (exact) mass is 358 g/mol. The van der Waals surface area contributed by atoms with Gasteiger partial charge in [-0.15, -0.1) is 0 Å². The van der Waals surface area contributed by atoms with E-state index in [1.807, 2.05) is 0 Å². The molecular formula is C19H18O7. The van der Waals surface area contributed by atoms with Crippen molar-refractivity contribution in [3.63, 3.8) is 0 Å². The summed E-state index contributed by atoms with van der Waals surface area (Å²) in [5, 5.41) is 10.4. The molecule has 1 N–H and O–H groups in total. The molecule has 136 valence electrons. The minimum absolute atomic E-state index is 0.0694. The molecule has 0 bridgehead atoms. The molecule has 0 saturated heterocycles. The molecule has 0 fully saturated rings. The van der Waals surface area contributed by atoms with Gasteiger partial charge in [-0.3, -0.25) is 9.59 Å². The van der Waals surface area contributed by atoms with Crippen LogP contribution in [0.3, 0.4) is 0 Å². The van der Waals surface area contributed by atoms with Crippen LogP contribution < -0.4 is 18.9 Å². The van der Waals surface area contributed by atoms with Gasteiger partial charge in [-0.05, 0) is 24.6 Å². The van der Waals surface area contributed by atoms with E-state index in [1.165, 1.54) is 40.6 Å². The standard InChI is InChI=1S/C19H18O7/c1-8-6-10(23-2)16(21)14-12(8)17(22)13-9(15(14)20)7-11(24-3)18(25-4)19(13)26-5/h6-7,21H,1-5H3. The summed E-state index contributed by atoms with van der Waals surface area (Å²) in [6, 6.07) is 2.92. The van der Waals surface area contributed by atoms with Gasteiger partial charge in [0.05, 0.1) is 39.6 Å². The van der Waals surface area contributed by atoms with Crippen molar-refractivity contribution in [1.29, 1.82) is 0 Å².